The third-order valence-electron chi connectivity index (χ3n) is 3.82. The fraction of sp³-hybridized carbons (Fsp3) is 0.158. The van der Waals surface area contributed by atoms with Crippen LogP contribution in [-0.2, 0) is 13.2 Å². The molecule has 1 aromatic heterocycles. The molecule has 0 aliphatic heterocycles. The molecule has 3 rings (SSSR count). The third-order valence-corrected chi connectivity index (χ3v) is 3.82. The van der Waals surface area contributed by atoms with Crippen molar-refractivity contribution < 1.29 is 9.47 Å². The van der Waals surface area contributed by atoms with Crippen molar-refractivity contribution in [2.24, 2.45) is 5.73 Å². The summed E-state index contributed by atoms with van der Waals surface area (Å²) in [6.07, 6.45) is 5.51. The predicted molar refractivity (Wildman–Crippen MR) is 96.1 cm³/mol. The molecule has 0 aliphatic rings. The molecule has 6 heteroatoms. The van der Waals surface area contributed by atoms with E-state index < -0.39 is 0 Å². The topological polar surface area (TPSA) is 86.1 Å². The standard InChI is InChI=1S/C19H20N4O2/c1-24-18-10-16(19(20)21)6-7-17(18)25-12-15-4-2-14(3-5-15)11-23-9-8-22-13-23/h2-10,13H,11-12H2,1H3,(H3,20,21). The number of hydrogen-bond acceptors (Lipinski definition) is 4. The molecule has 0 radical (unpaired) electrons. The van der Waals surface area contributed by atoms with Crippen LogP contribution in [0.5, 0.6) is 11.5 Å². The molecule has 3 aromatic rings. The second-order valence-electron chi connectivity index (χ2n) is 5.62. The Bertz CT molecular complexity index is 842. The van der Waals surface area contributed by atoms with Gasteiger partial charge < -0.3 is 19.8 Å². The first kappa shape index (κ1) is 16.6. The Labute approximate surface area is 146 Å². The molecule has 0 spiro atoms. The summed E-state index contributed by atoms with van der Waals surface area (Å²) in [6.45, 7) is 1.22. The van der Waals surface area contributed by atoms with E-state index in [2.05, 4.69) is 17.1 Å². The normalized spacial score (nSPS) is 10.4. The quantitative estimate of drug-likeness (QED) is 0.513. The molecule has 2 aromatic carbocycles. The maximum absolute atomic E-state index is 7.48. The van der Waals surface area contributed by atoms with Gasteiger partial charge in [0.2, 0.25) is 0 Å². The minimum Gasteiger partial charge on any atom is -0.493 e. The monoisotopic (exact) mass is 336 g/mol. The number of ether oxygens (including phenoxy) is 2. The van der Waals surface area contributed by atoms with Crippen LogP contribution in [0.25, 0.3) is 0 Å². The Morgan fingerprint density at radius 3 is 2.52 bits per heavy atom. The molecule has 128 valence electrons. The number of aromatic nitrogens is 2. The van der Waals surface area contributed by atoms with E-state index in [1.807, 2.05) is 22.9 Å². The first-order chi connectivity index (χ1) is 12.2. The number of nitrogens with zero attached hydrogens (tertiary/aromatic N) is 2. The Morgan fingerprint density at radius 1 is 1.12 bits per heavy atom. The van der Waals surface area contributed by atoms with Crippen molar-refractivity contribution in [3.8, 4) is 11.5 Å². The van der Waals surface area contributed by atoms with Crippen molar-refractivity contribution in [3.05, 3.63) is 77.9 Å². The van der Waals surface area contributed by atoms with Gasteiger partial charge in [0.25, 0.3) is 0 Å². The van der Waals surface area contributed by atoms with Gasteiger partial charge in [-0.05, 0) is 29.3 Å². The number of hydrogen-bond donors (Lipinski definition) is 2. The lowest BCUT2D eigenvalue weighted by Crippen LogP contribution is -2.11. The molecule has 0 fully saturated rings. The van der Waals surface area contributed by atoms with Crippen LogP contribution >= 0.6 is 0 Å². The fourth-order valence-corrected chi connectivity index (χ4v) is 2.45. The predicted octanol–water partition coefficient (Wildman–Crippen LogP) is 2.80. The maximum atomic E-state index is 7.48. The fourth-order valence-electron chi connectivity index (χ4n) is 2.45. The Balaban J connectivity index is 1.64. The lowest BCUT2D eigenvalue weighted by atomic mass is 10.1. The van der Waals surface area contributed by atoms with Crippen LogP contribution in [0.1, 0.15) is 16.7 Å². The van der Waals surface area contributed by atoms with Gasteiger partial charge in [-0.2, -0.15) is 0 Å². The minimum absolute atomic E-state index is 0.00155. The summed E-state index contributed by atoms with van der Waals surface area (Å²) in [5.74, 6) is 1.18. The molecule has 25 heavy (non-hydrogen) atoms. The number of nitrogens with one attached hydrogen (secondary N) is 1. The molecule has 0 saturated carbocycles. The third kappa shape index (κ3) is 4.17. The van der Waals surface area contributed by atoms with Crippen LogP contribution < -0.4 is 15.2 Å². The van der Waals surface area contributed by atoms with Gasteiger partial charge in [0.15, 0.2) is 11.5 Å². The summed E-state index contributed by atoms with van der Waals surface area (Å²) in [5.41, 5.74) is 8.36. The van der Waals surface area contributed by atoms with E-state index >= 15 is 0 Å². The van der Waals surface area contributed by atoms with Crippen LogP contribution in [0.4, 0.5) is 0 Å². The summed E-state index contributed by atoms with van der Waals surface area (Å²) in [5, 5.41) is 7.48. The second kappa shape index (κ2) is 7.53. The lowest BCUT2D eigenvalue weighted by Gasteiger charge is -2.12. The van der Waals surface area contributed by atoms with Gasteiger partial charge in [0, 0.05) is 24.5 Å². The molecule has 0 unspecified atom stereocenters. The Kier molecular flexibility index (Phi) is 4.99. The molecule has 0 aliphatic carbocycles. The van der Waals surface area contributed by atoms with E-state index in [4.69, 9.17) is 20.6 Å². The highest BCUT2D eigenvalue weighted by atomic mass is 16.5. The van der Waals surface area contributed by atoms with Crippen molar-refractivity contribution >= 4 is 5.84 Å². The zero-order chi connectivity index (χ0) is 17.6. The van der Waals surface area contributed by atoms with E-state index in [0.717, 1.165) is 12.1 Å². The van der Waals surface area contributed by atoms with Crippen molar-refractivity contribution in [1.29, 1.82) is 5.41 Å². The maximum Gasteiger partial charge on any atom is 0.161 e. The molecule has 0 bridgehead atoms. The van der Waals surface area contributed by atoms with Gasteiger partial charge >= 0.3 is 0 Å². The highest BCUT2D eigenvalue weighted by molar-refractivity contribution is 5.95. The summed E-state index contributed by atoms with van der Waals surface area (Å²) < 4.78 is 13.2. The molecule has 0 atom stereocenters. The van der Waals surface area contributed by atoms with Gasteiger partial charge in [-0.15, -0.1) is 0 Å². The van der Waals surface area contributed by atoms with Crippen LogP contribution in [0.15, 0.2) is 61.2 Å². The van der Waals surface area contributed by atoms with Gasteiger partial charge in [0.05, 0.1) is 13.4 Å². The molecular formula is C19H20N4O2. The molecule has 0 saturated heterocycles. The van der Waals surface area contributed by atoms with Gasteiger partial charge in [-0.1, -0.05) is 24.3 Å². The van der Waals surface area contributed by atoms with E-state index in [-0.39, 0.29) is 5.84 Å². The van der Waals surface area contributed by atoms with Crippen LogP contribution in [0.3, 0.4) is 0 Å². The SMILES string of the molecule is COc1cc(C(=N)N)ccc1OCc1ccc(Cn2ccnc2)cc1. The van der Waals surface area contributed by atoms with Crippen LogP contribution in [0.2, 0.25) is 0 Å². The first-order valence-corrected chi connectivity index (χ1v) is 7.84. The molecule has 3 N–H and O–H groups in total. The largest absolute Gasteiger partial charge is 0.493 e. The molecule has 1 heterocycles. The molecular weight excluding hydrogens is 316 g/mol. The first-order valence-electron chi connectivity index (χ1n) is 7.84. The van der Waals surface area contributed by atoms with Crippen molar-refractivity contribution in [2.75, 3.05) is 7.11 Å². The summed E-state index contributed by atoms with van der Waals surface area (Å²) in [6, 6.07) is 13.5. The number of amidine groups is 1. The number of nitrogen functional groups attached to an aromatic ring is 1. The number of benzene rings is 2. The zero-order valence-corrected chi connectivity index (χ0v) is 14.0. The van der Waals surface area contributed by atoms with E-state index in [9.17, 15) is 0 Å². The molecule has 6 nitrogen and oxygen atoms in total. The van der Waals surface area contributed by atoms with E-state index in [1.165, 1.54) is 5.56 Å². The zero-order valence-electron chi connectivity index (χ0n) is 14.0. The second-order valence-corrected chi connectivity index (χ2v) is 5.62. The number of rotatable bonds is 7. The highest BCUT2D eigenvalue weighted by Crippen LogP contribution is 2.28. The van der Waals surface area contributed by atoms with Crippen LogP contribution in [0, 0.1) is 5.41 Å². The van der Waals surface area contributed by atoms with Gasteiger partial charge in [0.1, 0.15) is 12.4 Å². The van der Waals surface area contributed by atoms with Crippen molar-refractivity contribution in [1.82, 2.24) is 9.55 Å². The minimum atomic E-state index is -0.00155. The van der Waals surface area contributed by atoms with Crippen molar-refractivity contribution in [3.63, 3.8) is 0 Å². The summed E-state index contributed by atoms with van der Waals surface area (Å²) in [4.78, 5) is 4.04. The smallest absolute Gasteiger partial charge is 0.161 e. The van der Waals surface area contributed by atoms with Crippen molar-refractivity contribution in [2.45, 2.75) is 13.2 Å². The average molecular weight is 336 g/mol. The number of methoxy groups -OCH3 is 1. The van der Waals surface area contributed by atoms with Crippen LogP contribution in [-0.4, -0.2) is 22.5 Å². The number of imidazole rings is 1. The highest BCUT2D eigenvalue weighted by Gasteiger charge is 2.08. The lowest BCUT2D eigenvalue weighted by molar-refractivity contribution is 0.284. The molecule has 0 amide bonds. The average Bonchev–Trinajstić information content (AvgIpc) is 3.14. The Morgan fingerprint density at radius 2 is 1.88 bits per heavy atom. The van der Waals surface area contributed by atoms with Gasteiger partial charge in [-0.3, -0.25) is 5.41 Å². The summed E-state index contributed by atoms with van der Waals surface area (Å²) >= 11 is 0. The van der Waals surface area contributed by atoms with E-state index in [0.29, 0.717) is 23.7 Å². The summed E-state index contributed by atoms with van der Waals surface area (Å²) in [7, 11) is 1.57. The van der Waals surface area contributed by atoms with E-state index in [1.54, 1.807) is 37.8 Å². The number of nitrogens with two attached hydrogens (primary N) is 1. The van der Waals surface area contributed by atoms with Gasteiger partial charge in [-0.25, -0.2) is 4.98 Å². The Hall–Kier alpha value is -3.28.